The first-order valence-corrected chi connectivity index (χ1v) is 5.04. The summed E-state index contributed by atoms with van der Waals surface area (Å²) in [6, 6.07) is 7.55. The Hall–Kier alpha value is -0.380. The second-order valence-corrected chi connectivity index (χ2v) is 3.12. The molecule has 0 unspecified atom stereocenters. The summed E-state index contributed by atoms with van der Waals surface area (Å²) in [4.78, 5) is 10.7. The van der Waals surface area contributed by atoms with Gasteiger partial charge in [0, 0.05) is 28.2 Å². The molecule has 1 rings (SSSR count). The minimum Gasteiger partial charge on any atom is -0.282 e. The van der Waals surface area contributed by atoms with Crippen LogP contribution in [0.2, 0.25) is 0 Å². The zero-order valence-corrected chi connectivity index (χ0v) is 9.75. The summed E-state index contributed by atoms with van der Waals surface area (Å²) in [5.41, 5.74) is 1.95. The third-order valence-electron chi connectivity index (χ3n) is 1.28. The van der Waals surface area contributed by atoms with E-state index in [-0.39, 0.29) is 3.79 Å². The average Bonchev–Trinajstić information content (AvgIpc) is 2.09. The molecule has 0 bridgehead atoms. The van der Waals surface area contributed by atoms with E-state index < -0.39 is 0 Å². The van der Waals surface area contributed by atoms with E-state index in [9.17, 15) is 4.79 Å². The van der Waals surface area contributed by atoms with Gasteiger partial charge in [0.1, 0.15) is 0 Å². The van der Waals surface area contributed by atoms with Crippen molar-refractivity contribution in [2.24, 2.45) is 0 Å². The van der Waals surface area contributed by atoms with Gasteiger partial charge in [-0.3, -0.25) is 4.79 Å². The lowest BCUT2D eigenvalue weighted by atomic mass is 10.2. The normalized spacial score (nSPS) is 8.33. The number of rotatable bonds is 1. The molecule has 0 radical (unpaired) electrons. The van der Waals surface area contributed by atoms with Gasteiger partial charge in [-0.15, -0.1) is 0 Å². The highest BCUT2D eigenvalue weighted by atomic mass is 127. The lowest BCUT2D eigenvalue weighted by molar-refractivity contribution is 0.110. The maximum absolute atomic E-state index is 10.7. The SMILES string of the molecule is CC.Cc1ccc(C(=O)I)cc1. The van der Waals surface area contributed by atoms with Crippen LogP contribution in [0.15, 0.2) is 24.3 Å². The smallest absolute Gasteiger partial charge is 0.222 e. The summed E-state index contributed by atoms with van der Waals surface area (Å²) in [5, 5.41) is 0. The minimum atomic E-state index is 0.0950. The lowest BCUT2D eigenvalue weighted by Gasteiger charge is -1.92. The van der Waals surface area contributed by atoms with Gasteiger partial charge in [-0.2, -0.15) is 0 Å². The van der Waals surface area contributed by atoms with Crippen molar-refractivity contribution >= 4 is 26.4 Å². The molecule has 0 aliphatic rings. The molecule has 0 saturated heterocycles. The first-order chi connectivity index (χ1) is 5.70. The summed E-state index contributed by atoms with van der Waals surface area (Å²) in [6.07, 6.45) is 0. The Morgan fingerprint density at radius 2 is 1.58 bits per heavy atom. The second kappa shape index (κ2) is 6.17. The van der Waals surface area contributed by atoms with Crippen LogP contribution in [-0.4, -0.2) is 3.79 Å². The monoisotopic (exact) mass is 276 g/mol. The van der Waals surface area contributed by atoms with Crippen molar-refractivity contribution in [1.29, 1.82) is 0 Å². The largest absolute Gasteiger partial charge is 0.282 e. The highest BCUT2D eigenvalue weighted by molar-refractivity contribution is 14.1. The van der Waals surface area contributed by atoms with E-state index in [2.05, 4.69) is 0 Å². The van der Waals surface area contributed by atoms with Crippen LogP contribution in [0.5, 0.6) is 0 Å². The fourth-order valence-corrected chi connectivity index (χ4v) is 1.04. The van der Waals surface area contributed by atoms with Crippen LogP contribution in [0.25, 0.3) is 0 Å². The molecule has 66 valence electrons. The molecule has 1 nitrogen and oxygen atoms in total. The Kier molecular flexibility index (Phi) is 5.98. The number of hydrogen-bond donors (Lipinski definition) is 0. The summed E-state index contributed by atoms with van der Waals surface area (Å²) in [7, 11) is 0. The van der Waals surface area contributed by atoms with E-state index in [1.807, 2.05) is 45.0 Å². The minimum absolute atomic E-state index is 0.0950. The van der Waals surface area contributed by atoms with Crippen LogP contribution in [-0.2, 0) is 0 Å². The standard InChI is InChI=1S/C8H7IO.C2H6/c1-6-2-4-7(5-3-6)8(9)10;1-2/h2-5H,1H3;1-2H3. The summed E-state index contributed by atoms with van der Waals surface area (Å²) >= 11 is 1.78. The van der Waals surface area contributed by atoms with E-state index in [1.165, 1.54) is 5.56 Å². The predicted octanol–water partition coefficient (Wildman–Crippen LogP) is 3.60. The van der Waals surface area contributed by atoms with Gasteiger partial charge in [0.25, 0.3) is 0 Å². The van der Waals surface area contributed by atoms with Gasteiger partial charge in [-0.1, -0.05) is 43.7 Å². The summed E-state index contributed by atoms with van der Waals surface area (Å²) < 4.78 is 0.0950. The fraction of sp³-hybridized carbons (Fsp3) is 0.300. The van der Waals surface area contributed by atoms with Gasteiger partial charge in [0.2, 0.25) is 3.79 Å². The Balaban J connectivity index is 0.000000561. The molecule has 2 heteroatoms. The molecule has 0 amide bonds. The van der Waals surface area contributed by atoms with Crippen molar-refractivity contribution in [3.8, 4) is 0 Å². The zero-order valence-electron chi connectivity index (χ0n) is 7.60. The first kappa shape index (κ1) is 11.6. The van der Waals surface area contributed by atoms with E-state index in [1.54, 1.807) is 22.6 Å². The molecule has 1 aromatic carbocycles. The highest BCUT2D eigenvalue weighted by Crippen LogP contribution is 2.06. The van der Waals surface area contributed by atoms with Gasteiger partial charge >= 0.3 is 0 Å². The Morgan fingerprint density at radius 3 is 1.92 bits per heavy atom. The first-order valence-electron chi connectivity index (χ1n) is 3.96. The van der Waals surface area contributed by atoms with E-state index in [0.717, 1.165) is 5.56 Å². The number of halogens is 1. The topological polar surface area (TPSA) is 17.1 Å². The van der Waals surface area contributed by atoms with Crippen molar-refractivity contribution in [3.63, 3.8) is 0 Å². The molecule has 0 heterocycles. The lowest BCUT2D eigenvalue weighted by Crippen LogP contribution is -1.85. The zero-order chi connectivity index (χ0) is 9.56. The molecular weight excluding hydrogens is 263 g/mol. The van der Waals surface area contributed by atoms with Crippen molar-refractivity contribution in [3.05, 3.63) is 35.4 Å². The van der Waals surface area contributed by atoms with Crippen LogP contribution in [0.4, 0.5) is 0 Å². The maximum Gasteiger partial charge on any atom is 0.222 e. The van der Waals surface area contributed by atoms with Gasteiger partial charge < -0.3 is 0 Å². The summed E-state index contributed by atoms with van der Waals surface area (Å²) in [5.74, 6) is 0. The van der Waals surface area contributed by atoms with Gasteiger partial charge in [0.15, 0.2) is 0 Å². The molecule has 0 aromatic heterocycles. The Morgan fingerprint density at radius 1 is 1.17 bits per heavy atom. The van der Waals surface area contributed by atoms with Crippen molar-refractivity contribution < 1.29 is 4.79 Å². The number of hydrogen-bond acceptors (Lipinski definition) is 1. The third-order valence-corrected chi connectivity index (χ3v) is 1.90. The van der Waals surface area contributed by atoms with Gasteiger partial charge in [-0.25, -0.2) is 0 Å². The van der Waals surface area contributed by atoms with E-state index >= 15 is 0 Å². The fourth-order valence-electron chi connectivity index (χ4n) is 0.685. The molecule has 0 saturated carbocycles. The molecule has 0 aliphatic carbocycles. The van der Waals surface area contributed by atoms with Crippen LogP contribution in [0, 0.1) is 6.92 Å². The van der Waals surface area contributed by atoms with Crippen LogP contribution in [0.1, 0.15) is 29.8 Å². The number of aryl methyl sites for hydroxylation is 1. The van der Waals surface area contributed by atoms with Crippen LogP contribution >= 0.6 is 22.6 Å². The van der Waals surface area contributed by atoms with E-state index in [4.69, 9.17) is 0 Å². The molecular formula is C10H13IO. The van der Waals surface area contributed by atoms with Gasteiger partial charge in [-0.05, 0) is 6.92 Å². The van der Waals surface area contributed by atoms with Crippen LogP contribution in [0.3, 0.4) is 0 Å². The molecule has 0 N–H and O–H groups in total. The molecule has 0 spiro atoms. The highest BCUT2D eigenvalue weighted by Gasteiger charge is 1.97. The second-order valence-electron chi connectivity index (χ2n) is 2.14. The Bertz CT molecular complexity index is 239. The predicted molar refractivity (Wildman–Crippen MR) is 60.9 cm³/mol. The van der Waals surface area contributed by atoms with E-state index in [0.29, 0.717) is 0 Å². The number of carbonyl (C=O) groups excluding carboxylic acids is 1. The third kappa shape index (κ3) is 3.85. The Labute approximate surface area is 87.3 Å². The van der Waals surface area contributed by atoms with Crippen molar-refractivity contribution in [1.82, 2.24) is 0 Å². The maximum atomic E-state index is 10.7. The molecule has 0 aliphatic heterocycles. The molecule has 0 atom stereocenters. The van der Waals surface area contributed by atoms with Crippen LogP contribution < -0.4 is 0 Å². The quantitative estimate of drug-likeness (QED) is 0.566. The molecule has 1 aromatic rings. The van der Waals surface area contributed by atoms with Crippen molar-refractivity contribution in [2.45, 2.75) is 20.8 Å². The molecule has 0 fully saturated rings. The summed E-state index contributed by atoms with van der Waals surface area (Å²) in [6.45, 7) is 6.00. The van der Waals surface area contributed by atoms with Gasteiger partial charge in [0.05, 0.1) is 0 Å². The van der Waals surface area contributed by atoms with Crippen molar-refractivity contribution in [2.75, 3.05) is 0 Å². The number of benzene rings is 1. The average molecular weight is 276 g/mol. The number of carbonyl (C=O) groups is 1. The molecule has 12 heavy (non-hydrogen) atoms.